The van der Waals surface area contributed by atoms with Crippen LogP contribution in [0.15, 0.2) is 78.9 Å². The van der Waals surface area contributed by atoms with E-state index in [-0.39, 0.29) is 0 Å². The highest BCUT2D eigenvalue weighted by molar-refractivity contribution is 5.59. The summed E-state index contributed by atoms with van der Waals surface area (Å²) >= 11 is 0. The van der Waals surface area contributed by atoms with E-state index in [9.17, 15) is 0 Å². The van der Waals surface area contributed by atoms with Gasteiger partial charge in [-0.05, 0) is 60.5 Å². The van der Waals surface area contributed by atoms with E-state index in [1.807, 2.05) is 0 Å². The molecule has 0 saturated carbocycles. The summed E-state index contributed by atoms with van der Waals surface area (Å²) in [5, 5.41) is 0. The Hall–Kier alpha value is -2.62. The maximum atomic E-state index is 2.74. The highest BCUT2D eigenvalue weighted by Gasteiger charge is 2.31. The van der Waals surface area contributed by atoms with Gasteiger partial charge in [-0.3, -0.25) is 9.80 Å². The van der Waals surface area contributed by atoms with Crippen LogP contribution < -0.4 is 4.90 Å². The summed E-state index contributed by atoms with van der Waals surface area (Å²) in [6.07, 6.45) is 4.96. The van der Waals surface area contributed by atoms with Crippen molar-refractivity contribution in [1.29, 1.82) is 0 Å². The summed E-state index contributed by atoms with van der Waals surface area (Å²) in [5.41, 5.74) is 7.46. The number of hydrogen-bond acceptors (Lipinski definition) is 3. The van der Waals surface area contributed by atoms with Gasteiger partial charge in [0.15, 0.2) is 0 Å². The Labute approximate surface area is 206 Å². The summed E-state index contributed by atoms with van der Waals surface area (Å²) < 4.78 is 0. The fourth-order valence-corrected chi connectivity index (χ4v) is 5.91. The molecule has 3 aromatic rings. The molecule has 5 rings (SSSR count). The maximum absolute atomic E-state index is 2.74. The first kappa shape index (κ1) is 23.1. The first-order chi connectivity index (χ1) is 16.8. The molecule has 0 radical (unpaired) electrons. The minimum Gasteiger partial charge on any atom is -0.369 e. The number of fused-ring (bicyclic) bond motifs is 1. The predicted molar refractivity (Wildman–Crippen MR) is 143 cm³/mol. The number of nitrogens with zero attached hydrogens (tertiary/aromatic N) is 3. The third-order valence-electron chi connectivity index (χ3n) is 7.58. The van der Waals surface area contributed by atoms with Crippen molar-refractivity contribution in [2.45, 2.75) is 51.7 Å². The molecule has 3 aromatic carbocycles. The highest BCUT2D eigenvalue weighted by Crippen LogP contribution is 2.42. The van der Waals surface area contributed by atoms with Crippen LogP contribution >= 0.6 is 0 Å². The molecule has 34 heavy (non-hydrogen) atoms. The lowest BCUT2D eigenvalue weighted by atomic mass is 9.84. The van der Waals surface area contributed by atoms with E-state index in [1.165, 1.54) is 62.1 Å². The van der Waals surface area contributed by atoms with E-state index in [2.05, 4.69) is 100 Å². The van der Waals surface area contributed by atoms with Gasteiger partial charge >= 0.3 is 0 Å². The van der Waals surface area contributed by atoms with Crippen molar-refractivity contribution in [1.82, 2.24) is 9.80 Å². The van der Waals surface area contributed by atoms with Crippen LogP contribution in [0.2, 0.25) is 0 Å². The first-order valence-electron chi connectivity index (χ1n) is 13.2. The van der Waals surface area contributed by atoms with Crippen molar-refractivity contribution < 1.29 is 0 Å². The van der Waals surface area contributed by atoms with Crippen molar-refractivity contribution in [2.75, 3.05) is 37.6 Å². The zero-order chi connectivity index (χ0) is 23.2. The van der Waals surface area contributed by atoms with Crippen LogP contribution in [0.3, 0.4) is 0 Å². The van der Waals surface area contributed by atoms with Crippen LogP contribution in [-0.2, 0) is 19.5 Å². The Kier molecular flexibility index (Phi) is 7.62. The van der Waals surface area contributed by atoms with Gasteiger partial charge in [-0.1, -0.05) is 79.7 Å². The number of rotatable bonds is 8. The molecule has 1 aliphatic heterocycles. The summed E-state index contributed by atoms with van der Waals surface area (Å²) in [7, 11) is 0. The normalized spacial score (nSPS) is 18.8. The SMILES string of the molecule is CCCN1CCN(c2cccc3c2C(N(Cc2ccccc2)Cc2ccccc2)CCC3)CC1. The molecule has 0 amide bonds. The third-order valence-corrected chi connectivity index (χ3v) is 7.58. The molecule has 2 aliphatic rings. The molecular weight excluding hydrogens is 414 g/mol. The van der Waals surface area contributed by atoms with Gasteiger partial charge in [0.1, 0.15) is 0 Å². The predicted octanol–water partition coefficient (Wildman–Crippen LogP) is 6.30. The molecule has 0 bridgehead atoms. The zero-order valence-corrected chi connectivity index (χ0v) is 20.7. The minimum absolute atomic E-state index is 0.453. The zero-order valence-electron chi connectivity index (χ0n) is 20.7. The number of benzene rings is 3. The second-order valence-corrected chi connectivity index (χ2v) is 9.96. The van der Waals surface area contributed by atoms with Crippen molar-refractivity contribution in [3.63, 3.8) is 0 Å². The van der Waals surface area contributed by atoms with Crippen molar-refractivity contribution >= 4 is 5.69 Å². The van der Waals surface area contributed by atoms with Gasteiger partial charge in [0.25, 0.3) is 0 Å². The molecule has 0 aromatic heterocycles. The largest absolute Gasteiger partial charge is 0.369 e. The third kappa shape index (κ3) is 5.37. The molecular formula is C31H39N3. The van der Waals surface area contributed by atoms with Gasteiger partial charge in [0.2, 0.25) is 0 Å². The first-order valence-corrected chi connectivity index (χ1v) is 13.2. The lowest BCUT2D eigenvalue weighted by molar-refractivity contribution is 0.161. The highest BCUT2D eigenvalue weighted by atomic mass is 15.3. The molecule has 1 atom stereocenters. The average molecular weight is 454 g/mol. The van der Waals surface area contributed by atoms with E-state index < -0.39 is 0 Å². The van der Waals surface area contributed by atoms with E-state index >= 15 is 0 Å². The molecule has 3 heteroatoms. The summed E-state index contributed by atoms with van der Waals surface area (Å²) in [6, 6.07) is 29.6. The van der Waals surface area contributed by atoms with Gasteiger partial charge < -0.3 is 4.90 Å². The number of anilines is 1. The second kappa shape index (κ2) is 11.2. The van der Waals surface area contributed by atoms with Gasteiger partial charge in [-0.2, -0.15) is 0 Å². The fraction of sp³-hybridized carbons (Fsp3) is 0.419. The van der Waals surface area contributed by atoms with E-state index in [0.29, 0.717) is 6.04 Å². The standard InChI is InChI=1S/C31H39N3/c1-2-19-32-20-22-33(23-21-32)29-17-9-15-28-16-10-18-30(31(28)29)34(24-26-11-5-3-6-12-26)25-27-13-7-4-8-14-27/h3-9,11-15,17,30H,2,10,16,18-25H2,1H3. The monoisotopic (exact) mass is 453 g/mol. The summed E-state index contributed by atoms with van der Waals surface area (Å²) in [4.78, 5) is 8.03. The molecule has 1 fully saturated rings. The molecule has 1 heterocycles. The van der Waals surface area contributed by atoms with Crippen molar-refractivity contribution in [3.05, 3.63) is 101 Å². The molecule has 1 saturated heterocycles. The van der Waals surface area contributed by atoms with E-state index in [4.69, 9.17) is 0 Å². The molecule has 0 spiro atoms. The van der Waals surface area contributed by atoms with Crippen LogP contribution in [-0.4, -0.2) is 42.5 Å². The smallest absolute Gasteiger partial charge is 0.0418 e. The second-order valence-electron chi connectivity index (χ2n) is 9.96. The number of aryl methyl sites for hydroxylation is 1. The van der Waals surface area contributed by atoms with Crippen LogP contribution in [0.25, 0.3) is 0 Å². The Morgan fingerprint density at radius 3 is 2.03 bits per heavy atom. The van der Waals surface area contributed by atoms with Crippen LogP contribution in [0.1, 0.15) is 54.5 Å². The van der Waals surface area contributed by atoms with E-state index in [1.54, 1.807) is 11.1 Å². The average Bonchev–Trinajstić information content (AvgIpc) is 2.89. The number of piperazine rings is 1. The van der Waals surface area contributed by atoms with Crippen molar-refractivity contribution in [3.8, 4) is 0 Å². The molecule has 3 nitrogen and oxygen atoms in total. The molecule has 1 unspecified atom stereocenters. The van der Waals surface area contributed by atoms with E-state index in [0.717, 1.165) is 26.2 Å². The Balaban J connectivity index is 1.46. The van der Waals surface area contributed by atoms with Crippen molar-refractivity contribution in [2.24, 2.45) is 0 Å². The molecule has 0 N–H and O–H groups in total. The lowest BCUT2D eigenvalue weighted by Crippen LogP contribution is -2.47. The van der Waals surface area contributed by atoms with Gasteiger partial charge in [-0.15, -0.1) is 0 Å². The topological polar surface area (TPSA) is 9.72 Å². The Morgan fingerprint density at radius 1 is 0.765 bits per heavy atom. The van der Waals surface area contributed by atoms with Crippen LogP contribution in [0.4, 0.5) is 5.69 Å². The van der Waals surface area contributed by atoms with Crippen LogP contribution in [0.5, 0.6) is 0 Å². The van der Waals surface area contributed by atoms with Gasteiger partial charge in [0, 0.05) is 51.0 Å². The quantitative estimate of drug-likeness (QED) is 0.396. The lowest BCUT2D eigenvalue weighted by Gasteiger charge is -2.42. The van der Waals surface area contributed by atoms with Gasteiger partial charge in [-0.25, -0.2) is 0 Å². The van der Waals surface area contributed by atoms with Gasteiger partial charge in [0.05, 0.1) is 0 Å². The Morgan fingerprint density at radius 2 is 1.41 bits per heavy atom. The number of hydrogen-bond donors (Lipinski definition) is 0. The summed E-state index contributed by atoms with van der Waals surface area (Å²) in [5.74, 6) is 0. The minimum atomic E-state index is 0.453. The maximum Gasteiger partial charge on any atom is 0.0418 e. The summed E-state index contributed by atoms with van der Waals surface area (Å²) in [6.45, 7) is 10.1. The molecule has 1 aliphatic carbocycles. The fourth-order valence-electron chi connectivity index (χ4n) is 5.91. The van der Waals surface area contributed by atoms with Crippen LogP contribution in [0, 0.1) is 0 Å². The Bertz CT molecular complexity index is 984. The molecule has 178 valence electrons.